The zero-order valence-corrected chi connectivity index (χ0v) is 24.3. The van der Waals surface area contributed by atoms with Gasteiger partial charge in [0, 0.05) is 37.0 Å². The van der Waals surface area contributed by atoms with E-state index in [-0.39, 0.29) is 0 Å². The molecule has 0 atom stereocenters. The largest absolute Gasteiger partial charge is 0.351 e. The van der Waals surface area contributed by atoms with Crippen LogP contribution in [0.3, 0.4) is 0 Å². The number of rotatable bonds is 8. The molecule has 5 heteroatoms. The molecule has 0 radical (unpaired) electrons. The van der Waals surface area contributed by atoms with E-state index in [1.807, 2.05) is 0 Å². The van der Waals surface area contributed by atoms with Crippen molar-refractivity contribution in [2.75, 3.05) is 11.9 Å². The van der Waals surface area contributed by atoms with Gasteiger partial charge in [0.2, 0.25) is 0 Å². The maximum absolute atomic E-state index is 4.98. The standard InChI is InChI=1S/C37H31N4S/c1-39(30-15-7-3-8-16-30)25-24-36-40(26-23-28-13-5-2-6-14-28)34-27-29(37-38-32-19-11-12-20-35(32)42-37)21-22-33(34)41(36)31-17-9-4-10-18-31/h2-22,24-25,27H,23,26H2,1H3/q+1. The van der Waals surface area contributed by atoms with Crippen LogP contribution in [0.1, 0.15) is 11.4 Å². The number of thiazole rings is 1. The summed E-state index contributed by atoms with van der Waals surface area (Å²) in [4.78, 5) is 7.14. The van der Waals surface area contributed by atoms with Gasteiger partial charge in [0.05, 0.1) is 16.8 Å². The highest BCUT2D eigenvalue weighted by Gasteiger charge is 2.26. The summed E-state index contributed by atoms with van der Waals surface area (Å²) in [6, 6.07) is 47.0. The van der Waals surface area contributed by atoms with Crippen LogP contribution in [0.25, 0.3) is 43.6 Å². The van der Waals surface area contributed by atoms with E-state index in [0.717, 1.165) is 46.3 Å². The molecule has 2 aromatic heterocycles. The normalized spacial score (nSPS) is 11.5. The zero-order valence-electron chi connectivity index (χ0n) is 23.5. The minimum Gasteiger partial charge on any atom is -0.351 e. The van der Waals surface area contributed by atoms with E-state index in [9.17, 15) is 0 Å². The number of aryl methyl sites for hydroxylation is 2. The number of hydrogen-bond acceptors (Lipinski definition) is 3. The number of para-hydroxylation sites is 3. The van der Waals surface area contributed by atoms with Crippen LogP contribution in [0.2, 0.25) is 0 Å². The third-order valence-corrected chi connectivity index (χ3v) is 8.73. The average Bonchev–Trinajstić information content (AvgIpc) is 3.62. The van der Waals surface area contributed by atoms with E-state index in [1.54, 1.807) is 11.3 Å². The van der Waals surface area contributed by atoms with Crippen molar-refractivity contribution < 1.29 is 4.57 Å². The Balaban J connectivity index is 1.42. The summed E-state index contributed by atoms with van der Waals surface area (Å²) in [5, 5.41) is 1.04. The number of fused-ring (bicyclic) bond motifs is 2. The summed E-state index contributed by atoms with van der Waals surface area (Å²) >= 11 is 1.75. The SMILES string of the molecule is CN(/C=C/c1n(-c2ccccc2)c2ccc(-c3nc4ccccc4s3)cc2[n+]1CCc1ccccc1)c1ccccc1. The van der Waals surface area contributed by atoms with Crippen LogP contribution in [0.4, 0.5) is 5.69 Å². The molecule has 7 aromatic rings. The second-order valence-electron chi connectivity index (χ2n) is 10.4. The van der Waals surface area contributed by atoms with Crippen LogP contribution < -0.4 is 9.47 Å². The van der Waals surface area contributed by atoms with Crippen molar-refractivity contribution in [2.45, 2.75) is 13.0 Å². The topological polar surface area (TPSA) is 24.9 Å². The lowest BCUT2D eigenvalue weighted by molar-refractivity contribution is -0.673. The van der Waals surface area contributed by atoms with E-state index in [4.69, 9.17) is 4.98 Å². The first kappa shape index (κ1) is 25.9. The highest BCUT2D eigenvalue weighted by atomic mass is 32.1. The molecule has 0 saturated heterocycles. The molecule has 0 unspecified atom stereocenters. The Labute approximate surface area is 250 Å². The Hall–Kier alpha value is -5.00. The van der Waals surface area contributed by atoms with Crippen molar-refractivity contribution in [1.82, 2.24) is 9.55 Å². The smallest absolute Gasteiger partial charge is 0.289 e. The van der Waals surface area contributed by atoms with Crippen molar-refractivity contribution in [3.63, 3.8) is 0 Å². The molecule has 0 saturated carbocycles. The molecule has 0 aliphatic heterocycles. The monoisotopic (exact) mass is 563 g/mol. The van der Waals surface area contributed by atoms with Gasteiger partial charge in [0.1, 0.15) is 10.7 Å². The van der Waals surface area contributed by atoms with Crippen LogP contribution >= 0.6 is 11.3 Å². The van der Waals surface area contributed by atoms with Crippen LogP contribution in [-0.4, -0.2) is 16.6 Å². The fourth-order valence-corrected chi connectivity index (χ4v) is 6.45. The van der Waals surface area contributed by atoms with Gasteiger partial charge in [-0.05, 0) is 60.2 Å². The summed E-state index contributed by atoms with van der Waals surface area (Å²) in [5.41, 5.74) is 8.14. The van der Waals surface area contributed by atoms with Gasteiger partial charge >= 0.3 is 0 Å². The van der Waals surface area contributed by atoms with Gasteiger partial charge in [-0.25, -0.2) is 9.55 Å². The second-order valence-corrected chi connectivity index (χ2v) is 11.4. The minimum absolute atomic E-state index is 0.846. The van der Waals surface area contributed by atoms with Crippen molar-refractivity contribution >= 4 is 44.4 Å². The number of nitrogens with zero attached hydrogens (tertiary/aromatic N) is 4. The predicted octanol–water partition coefficient (Wildman–Crippen LogP) is 8.54. The molecule has 0 aliphatic carbocycles. The first-order valence-corrected chi connectivity index (χ1v) is 15.1. The fourth-order valence-electron chi connectivity index (χ4n) is 5.49. The molecule has 5 aromatic carbocycles. The molecule has 0 aliphatic rings. The molecule has 0 N–H and O–H groups in total. The summed E-state index contributed by atoms with van der Waals surface area (Å²) < 4.78 is 6.04. The first-order chi connectivity index (χ1) is 20.7. The van der Waals surface area contributed by atoms with Gasteiger partial charge in [-0.2, -0.15) is 4.57 Å². The van der Waals surface area contributed by atoms with Gasteiger partial charge in [0.15, 0.2) is 11.0 Å². The lowest BCUT2D eigenvalue weighted by atomic mass is 10.1. The predicted molar refractivity (Wildman–Crippen MR) is 176 cm³/mol. The van der Waals surface area contributed by atoms with E-state index in [1.165, 1.54) is 21.3 Å². The molecule has 0 amide bonds. The molecule has 7 rings (SSSR count). The number of imidazole rings is 1. The van der Waals surface area contributed by atoms with E-state index < -0.39 is 0 Å². The molecule has 204 valence electrons. The van der Waals surface area contributed by atoms with Crippen LogP contribution in [0.15, 0.2) is 140 Å². The van der Waals surface area contributed by atoms with Gasteiger partial charge in [0.25, 0.3) is 5.82 Å². The second kappa shape index (κ2) is 11.5. The zero-order chi connectivity index (χ0) is 28.3. The molecular formula is C37H31N4S+. The molecule has 0 spiro atoms. The lowest BCUT2D eigenvalue weighted by Gasteiger charge is -2.13. The lowest BCUT2D eigenvalue weighted by Crippen LogP contribution is -2.37. The van der Waals surface area contributed by atoms with Gasteiger partial charge in [-0.1, -0.05) is 78.9 Å². The third-order valence-electron chi connectivity index (χ3n) is 7.65. The molecule has 0 bridgehead atoms. The van der Waals surface area contributed by atoms with Gasteiger partial charge < -0.3 is 4.90 Å². The summed E-state index contributed by atoms with van der Waals surface area (Å²) in [7, 11) is 2.10. The Morgan fingerprint density at radius 1 is 0.786 bits per heavy atom. The number of aromatic nitrogens is 3. The quantitative estimate of drug-likeness (QED) is 0.173. The minimum atomic E-state index is 0.846. The Kier molecular flexibility index (Phi) is 7.08. The molecule has 4 nitrogen and oxygen atoms in total. The molecule has 2 heterocycles. The van der Waals surface area contributed by atoms with Crippen LogP contribution in [0, 0.1) is 0 Å². The van der Waals surface area contributed by atoms with Crippen LogP contribution in [0.5, 0.6) is 0 Å². The summed E-state index contributed by atoms with van der Waals surface area (Å²) in [6.45, 7) is 0.846. The van der Waals surface area contributed by atoms with Crippen molar-refractivity contribution in [1.29, 1.82) is 0 Å². The van der Waals surface area contributed by atoms with Gasteiger partial charge in [-0.3, -0.25) is 0 Å². The number of anilines is 1. The maximum Gasteiger partial charge on any atom is 0.289 e. The van der Waals surface area contributed by atoms with Gasteiger partial charge in [-0.15, -0.1) is 11.3 Å². The number of hydrogen-bond donors (Lipinski definition) is 0. The Bertz CT molecular complexity index is 1960. The first-order valence-electron chi connectivity index (χ1n) is 14.2. The van der Waals surface area contributed by atoms with E-state index in [0.29, 0.717) is 0 Å². The molecule has 42 heavy (non-hydrogen) atoms. The average molecular weight is 564 g/mol. The fraction of sp³-hybridized carbons (Fsp3) is 0.0811. The summed E-state index contributed by atoms with van der Waals surface area (Å²) in [5.74, 6) is 1.12. The van der Waals surface area contributed by atoms with E-state index in [2.05, 4.69) is 167 Å². The third kappa shape index (κ3) is 5.11. The summed E-state index contributed by atoms with van der Waals surface area (Å²) in [6.07, 6.45) is 5.33. The van der Waals surface area contributed by atoms with Crippen molar-refractivity contribution in [3.8, 4) is 16.3 Å². The van der Waals surface area contributed by atoms with Crippen LogP contribution in [-0.2, 0) is 13.0 Å². The van der Waals surface area contributed by atoms with Crippen molar-refractivity contribution in [2.24, 2.45) is 0 Å². The van der Waals surface area contributed by atoms with Crippen molar-refractivity contribution in [3.05, 3.63) is 151 Å². The maximum atomic E-state index is 4.98. The molecule has 0 fully saturated rings. The number of benzene rings is 5. The Morgan fingerprint density at radius 2 is 1.48 bits per heavy atom. The Morgan fingerprint density at radius 3 is 2.24 bits per heavy atom. The van der Waals surface area contributed by atoms with E-state index >= 15 is 0 Å². The highest BCUT2D eigenvalue weighted by Crippen LogP contribution is 2.32. The molecular weight excluding hydrogens is 533 g/mol. The highest BCUT2D eigenvalue weighted by molar-refractivity contribution is 7.21.